The fourth-order valence-electron chi connectivity index (χ4n) is 6.16. The Bertz CT molecular complexity index is 749. The highest BCUT2D eigenvalue weighted by molar-refractivity contribution is 5.76. The Morgan fingerprint density at radius 1 is 0.500 bits per heavy atom. The largest absolute Gasteiger partial charge is 0.394 e. The lowest BCUT2D eigenvalue weighted by molar-refractivity contribution is -0.124. The maximum absolute atomic E-state index is 12.4. The van der Waals surface area contributed by atoms with E-state index in [-0.39, 0.29) is 12.5 Å². The van der Waals surface area contributed by atoms with Crippen LogP contribution in [0.2, 0.25) is 0 Å². The first-order valence-electron chi connectivity index (χ1n) is 20.8. The van der Waals surface area contributed by atoms with E-state index < -0.39 is 18.2 Å². The van der Waals surface area contributed by atoms with Crippen LogP contribution in [0.3, 0.4) is 0 Å². The van der Waals surface area contributed by atoms with Crippen LogP contribution in [0.5, 0.6) is 0 Å². The van der Waals surface area contributed by atoms with Crippen molar-refractivity contribution in [2.75, 3.05) is 6.61 Å². The second-order valence-corrected chi connectivity index (χ2v) is 14.2. The van der Waals surface area contributed by atoms with Gasteiger partial charge in [-0.05, 0) is 70.6 Å². The number of carbonyl (C=O) groups excluding carboxylic acids is 1. The van der Waals surface area contributed by atoms with Gasteiger partial charge in [0.1, 0.15) is 6.10 Å². The fraction of sp³-hybridized carbons (Fsp3) is 0.837. The van der Waals surface area contributed by atoms with Crippen LogP contribution in [-0.4, -0.2) is 46.1 Å². The van der Waals surface area contributed by atoms with Gasteiger partial charge in [0.05, 0.1) is 18.8 Å². The highest BCUT2D eigenvalue weighted by Crippen LogP contribution is 2.14. The second kappa shape index (κ2) is 38.4. The van der Waals surface area contributed by atoms with Crippen molar-refractivity contribution in [3.05, 3.63) is 36.5 Å². The van der Waals surface area contributed by atoms with E-state index in [2.05, 4.69) is 55.6 Å². The Hall–Kier alpha value is -1.43. The summed E-state index contributed by atoms with van der Waals surface area (Å²) < 4.78 is 0. The molecule has 0 rings (SSSR count). The average molecular weight is 676 g/mol. The molecule has 0 aliphatic rings. The molecule has 0 spiro atoms. The zero-order chi connectivity index (χ0) is 35.2. The molecule has 1 amide bonds. The van der Waals surface area contributed by atoms with E-state index in [4.69, 9.17) is 0 Å². The summed E-state index contributed by atoms with van der Waals surface area (Å²) in [6.45, 7) is 4.10. The molecule has 0 bridgehead atoms. The van der Waals surface area contributed by atoms with Crippen LogP contribution in [0.4, 0.5) is 0 Å². The van der Waals surface area contributed by atoms with Crippen molar-refractivity contribution >= 4 is 5.91 Å². The third-order valence-corrected chi connectivity index (χ3v) is 9.44. The molecule has 282 valence electrons. The summed E-state index contributed by atoms with van der Waals surface area (Å²) >= 11 is 0. The number of unbranched alkanes of at least 4 members (excludes halogenated alkanes) is 23. The van der Waals surface area contributed by atoms with Gasteiger partial charge in [-0.15, -0.1) is 0 Å². The number of allylic oxidation sites excluding steroid dienone is 6. The maximum atomic E-state index is 12.4. The molecule has 0 radical (unpaired) electrons. The summed E-state index contributed by atoms with van der Waals surface area (Å²) in [6.07, 6.45) is 46.9. The number of carbonyl (C=O) groups is 1. The van der Waals surface area contributed by atoms with Crippen molar-refractivity contribution in [2.45, 2.75) is 225 Å². The van der Waals surface area contributed by atoms with E-state index in [0.717, 1.165) is 51.4 Å². The number of amides is 1. The van der Waals surface area contributed by atoms with Gasteiger partial charge in [0.15, 0.2) is 0 Å². The van der Waals surface area contributed by atoms with Crippen molar-refractivity contribution in [3.8, 4) is 0 Å². The lowest BCUT2D eigenvalue weighted by atomic mass is 10.0. The molecule has 48 heavy (non-hydrogen) atoms. The molecular weight excluding hydrogens is 594 g/mol. The number of hydrogen-bond acceptors (Lipinski definition) is 4. The highest BCUT2D eigenvalue weighted by Gasteiger charge is 2.26. The van der Waals surface area contributed by atoms with Crippen LogP contribution >= 0.6 is 0 Å². The van der Waals surface area contributed by atoms with Gasteiger partial charge in [0, 0.05) is 6.42 Å². The first-order chi connectivity index (χ1) is 23.6. The normalized spacial score (nSPS) is 14.0. The molecule has 0 aliphatic carbocycles. The number of aliphatic hydroxyl groups excluding tert-OH is 3. The molecule has 0 aromatic heterocycles. The number of rotatable bonds is 37. The Balaban J connectivity index is 3.64. The van der Waals surface area contributed by atoms with Gasteiger partial charge in [0.25, 0.3) is 0 Å². The molecule has 0 heterocycles. The Morgan fingerprint density at radius 2 is 0.875 bits per heavy atom. The van der Waals surface area contributed by atoms with Crippen molar-refractivity contribution in [1.82, 2.24) is 5.32 Å². The Morgan fingerprint density at radius 3 is 1.33 bits per heavy atom. The minimum absolute atomic E-state index is 0.165. The topological polar surface area (TPSA) is 89.8 Å². The van der Waals surface area contributed by atoms with Gasteiger partial charge in [-0.3, -0.25) is 4.79 Å². The summed E-state index contributed by atoms with van der Waals surface area (Å²) in [7, 11) is 0. The third kappa shape index (κ3) is 33.1. The number of aliphatic hydroxyl groups is 3. The summed E-state index contributed by atoms with van der Waals surface area (Å²) in [6, 6.07) is -0.832. The predicted molar refractivity (Wildman–Crippen MR) is 208 cm³/mol. The van der Waals surface area contributed by atoms with Gasteiger partial charge in [-0.25, -0.2) is 0 Å². The van der Waals surface area contributed by atoms with Crippen LogP contribution in [-0.2, 0) is 4.79 Å². The Labute approximate surface area is 298 Å². The van der Waals surface area contributed by atoms with Crippen molar-refractivity contribution < 1.29 is 20.1 Å². The molecule has 5 heteroatoms. The molecule has 0 aromatic rings. The fourth-order valence-corrected chi connectivity index (χ4v) is 6.16. The van der Waals surface area contributed by atoms with E-state index in [1.165, 1.54) is 128 Å². The lowest BCUT2D eigenvalue weighted by Crippen LogP contribution is -2.50. The Kier molecular flexibility index (Phi) is 37.2. The molecule has 0 fully saturated rings. The smallest absolute Gasteiger partial charge is 0.220 e. The third-order valence-electron chi connectivity index (χ3n) is 9.44. The van der Waals surface area contributed by atoms with Crippen LogP contribution in [0.25, 0.3) is 0 Å². The van der Waals surface area contributed by atoms with Gasteiger partial charge in [0.2, 0.25) is 5.91 Å². The SMILES string of the molecule is CCCC/C=C/CC/C=C/CCCC(O)C(O)C(CO)NC(=O)CCCCCCCCC/C=C\CCCCCCCCCCCCCC. The summed E-state index contributed by atoms with van der Waals surface area (Å²) in [5.41, 5.74) is 0. The van der Waals surface area contributed by atoms with Crippen molar-refractivity contribution in [2.24, 2.45) is 0 Å². The molecular formula is C43H81NO4. The molecule has 3 unspecified atom stereocenters. The standard InChI is InChI=1S/C43H81NO4/c1-3-5-7-9-11-13-15-16-17-18-19-20-21-22-23-24-25-26-28-30-32-34-36-38-42(47)44-40(39-45)43(48)41(46)37-35-33-31-29-27-14-12-10-8-6-4-2/h10,12,22-23,29,31,40-41,43,45-46,48H,3-9,11,13-21,24-28,30,32-39H2,1-2H3,(H,44,47)/b12-10+,23-22-,31-29+. The van der Waals surface area contributed by atoms with E-state index in [9.17, 15) is 20.1 Å². The monoisotopic (exact) mass is 676 g/mol. The van der Waals surface area contributed by atoms with E-state index >= 15 is 0 Å². The van der Waals surface area contributed by atoms with E-state index in [1.807, 2.05) is 0 Å². The molecule has 5 nitrogen and oxygen atoms in total. The molecule has 4 N–H and O–H groups in total. The molecule has 0 saturated carbocycles. The first kappa shape index (κ1) is 46.6. The number of hydrogen-bond donors (Lipinski definition) is 4. The summed E-state index contributed by atoms with van der Waals surface area (Å²) in [5.74, 6) is -0.165. The quantitative estimate of drug-likeness (QED) is 0.0390. The predicted octanol–water partition coefficient (Wildman–Crippen LogP) is 11.6. The van der Waals surface area contributed by atoms with Crippen molar-refractivity contribution in [3.63, 3.8) is 0 Å². The zero-order valence-corrected chi connectivity index (χ0v) is 31.9. The van der Waals surface area contributed by atoms with E-state index in [1.54, 1.807) is 0 Å². The van der Waals surface area contributed by atoms with Gasteiger partial charge >= 0.3 is 0 Å². The summed E-state index contributed by atoms with van der Waals surface area (Å²) in [4.78, 5) is 12.4. The molecule has 0 aromatic carbocycles. The lowest BCUT2D eigenvalue weighted by Gasteiger charge is -2.26. The van der Waals surface area contributed by atoms with Crippen LogP contribution < -0.4 is 5.32 Å². The highest BCUT2D eigenvalue weighted by atomic mass is 16.3. The molecule has 3 atom stereocenters. The zero-order valence-electron chi connectivity index (χ0n) is 31.9. The second-order valence-electron chi connectivity index (χ2n) is 14.2. The van der Waals surface area contributed by atoms with Gasteiger partial charge in [-0.1, -0.05) is 166 Å². The molecule has 0 aliphatic heterocycles. The van der Waals surface area contributed by atoms with Gasteiger partial charge < -0.3 is 20.6 Å². The first-order valence-corrected chi connectivity index (χ1v) is 20.8. The molecule has 0 saturated heterocycles. The summed E-state index contributed by atoms with van der Waals surface area (Å²) in [5, 5.41) is 33.3. The van der Waals surface area contributed by atoms with E-state index in [0.29, 0.717) is 12.8 Å². The number of nitrogens with one attached hydrogen (secondary N) is 1. The minimum Gasteiger partial charge on any atom is -0.394 e. The van der Waals surface area contributed by atoms with Crippen LogP contribution in [0.15, 0.2) is 36.5 Å². The maximum Gasteiger partial charge on any atom is 0.220 e. The average Bonchev–Trinajstić information content (AvgIpc) is 3.09. The van der Waals surface area contributed by atoms with Crippen LogP contribution in [0.1, 0.15) is 206 Å². The minimum atomic E-state index is -1.17. The van der Waals surface area contributed by atoms with Gasteiger partial charge in [-0.2, -0.15) is 0 Å². The van der Waals surface area contributed by atoms with Crippen molar-refractivity contribution in [1.29, 1.82) is 0 Å². The van der Waals surface area contributed by atoms with Crippen LogP contribution in [0, 0.1) is 0 Å².